The normalized spacial score (nSPS) is 27.8. The van der Waals surface area contributed by atoms with Crippen LogP contribution in [0.3, 0.4) is 0 Å². The van der Waals surface area contributed by atoms with Crippen LogP contribution in [0.15, 0.2) is 12.1 Å². The first kappa shape index (κ1) is 18.0. The van der Waals surface area contributed by atoms with Crippen molar-refractivity contribution in [2.75, 3.05) is 17.3 Å². The zero-order valence-corrected chi connectivity index (χ0v) is 15.8. The molecule has 9 nitrogen and oxygen atoms in total. The van der Waals surface area contributed by atoms with Crippen LogP contribution in [0.4, 0.5) is 11.4 Å². The molecule has 1 heterocycles. The summed E-state index contributed by atoms with van der Waals surface area (Å²) >= 11 is 0. The summed E-state index contributed by atoms with van der Waals surface area (Å²) in [7, 11) is -4.01. The van der Waals surface area contributed by atoms with Crippen LogP contribution >= 0.6 is 0 Å². The van der Waals surface area contributed by atoms with Gasteiger partial charge in [0.1, 0.15) is 11.5 Å². The van der Waals surface area contributed by atoms with E-state index in [9.17, 15) is 23.3 Å². The second-order valence-electron chi connectivity index (χ2n) is 8.01. The Morgan fingerprint density at radius 2 is 1.96 bits per heavy atom. The van der Waals surface area contributed by atoms with E-state index in [4.69, 9.17) is 9.47 Å². The Morgan fingerprint density at radius 3 is 2.52 bits per heavy atom. The molecule has 3 aliphatic rings. The van der Waals surface area contributed by atoms with Gasteiger partial charge in [-0.15, -0.1) is 0 Å². The largest absolute Gasteiger partial charge is 0.454 e. The second kappa shape index (κ2) is 5.57. The zero-order valence-electron chi connectivity index (χ0n) is 15.0. The van der Waals surface area contributed by atoms with E-state index >= 15 is 0 Å². The first-order chi connectivity index (χ1) is 12.6. The van der Waals surface area contributed by atoms with Gasteiger partial charge in [-0.25, -0.2) is 8.42 Å². The van der Waals surface area contributed by atoms with Crippen LogP contribution in [0.1, 0.15) is 33.1 Å². The summed E-state index contributed by atoms with van der Waals surface area (Å²) in [4.78, 5) is 23.3. The van der Waals surface area contributed by atoms with Crippen molar-refractivity contribution >= 4 is 27.2 Å². The third kappa shape index (κ3) is 2.57. The zero-order chi connectivity index (χ0) is 19.6. The van der Waals surface area contributed by atoms with E-state index in [2.05, 4.69) is 4.72 Å². The van der Waals surface area contributed by atoms with Crippen molar-refractivity contribution in [3.8, 4) is 11.5 Å². The lowest BCUT2D eigenvalue weighted by atomic mass is 9.70. The van der Waals surface area contributed by atoms with E-state index < -0.39 is 31.5 Å². The number of carbonyl (C=O) groups excluding carboxylic acids is 1. The van der Waals surface area contributed by atoms with Crippen molar-refractivity contribution in [3.63, 3.8) is 0 Å². The lowest BCUT2D eigenvalue weighted by Crippen LogP contribution is -2.43. The van der Waals surface area contributed by atoms with Gasteiger partial charge >= 0.3 is 0 Å². The third-order valence-corrected chi connectivity index (χ3v) is 7.93. The fourth-order valence-electron chi connectivity index (χ4n) is 4.80. The average molecular weight is 396 g/mol. The number of carbonyl (C=O) groups is 1. The van der Waals surface area contributed by atoms with Crippen LogP contribution in [-0.2, 0) is 14.8 Å². The SMILES string of the molecule is CC1(C)C2CCC1(CS(=O)(=O)Nc1cc3c(cc1[N+](=O)[O-])OCO3)C(=O)C2. The summed E-state index contributed by atoms with van der Waals surface area (Å²) in [6.45, 7) is 3.79. The molecule has 0 aromatic heterocycles. The average Bonchev–Trinajstić information content (AvgIpc) is 3.15. The van der Waals surface area contributed by atoms with Gasteiger partial charge in [0.15, 0.2) is 11.5 Å². The molecule has 1 aliphatic heterocycles. The first-order valence-corrected chi connectivity index (χ1v) is 10.3. The van der Waals surface area contributed by atoms with Gasteiger partial charge in [0.2, 0.25) is 16.8 Å². The van der Waals surface area contributed by atoms with Crippen LogP contribution in [0.2, 0.25) is 0 Å². The maximum Gasteiger partial charge on any atom is 0.297 e. The van der Waals surface area contributed by atoms with Gasteiger partial charge < -0.3 is 9.47 Å². The number of nitro groups is 1. The molecule has 2 atom stereocenters. The highest BCUT2D eigenvalue weighted by molar-refractivity contribution is 7.92. The highest BCUT2D eigenvalue weighted by Crippen LogP contribution is 2.64. The number of nitrogens with one attached hydrogen (secondary N) is 1. The van der Waals surface area contributed by atoms with Gasteiger partial charge in [-0.1, -0.05) is 13.8 Å². The molecule has 27 heavy (non-hydrogen) atoms. The molecule has 1 N–H and O–H groups in total. The number of ether oxygens (including phenoxy) is 2. The Hall–Kier alpha value is -2.36. The Labute approximate surface area is 156 Å². The molecule has 146 valence electrons. The molecule has 2 aliphatic carbocycles. The predicted octanol–water partition coefficient (Wildman–Crippen LogP) is 2.46. The maximum atomic E-state index is 12.9. The summed E-state index contributed by atoms with van der Waals surface area (Å²) < 4.78 is 38.4. The Balaban J connectivity index is 1.67. The molecule has 0 radical (unpaired) electrons. The number of nitrogens with zero attached hydrogens (tertiary/aromatic N) is 1. The van der Waals surface area contributed by atoms with Crippen LogP contribution in [-0.4, -0.2) is 31.7 Å². The Morgan fingerprint density at radius 1 is 1.30 bits per heavy atom. The number of benzene rings is 1. The van der Waals surface area contributed by atoms with Gasteiger partial charge in [-0.2, -0.15) is 0 Å². The number of ketones is 1. The molecule has 2 bridgehead atoms. The lowest BCUT2D eigenvalue weighted by molar-refractivity contribution is -0.383. The summed E-state index contributed by atoms with van der Waals surface area (Å²) in [5.74, 6) is 0.187. The Kier molecular flexibility index (Phi) is 3.72. The van der Waals surface area contributed by atoms with Gasteiger partial charge in [-0.05, 0) is 24.2 Å². The highest BCUT2D eigenvalue weighted by Gasteiger charge is 2.65. The summed E-state index contributed by atoms with van der Waals surface area (Å²) in [6, 6.07) is 2.38. The van der Waals surface area contributed by atoms with Crippen LogP contribution in [0, 0.1) is 26.9 Å². The van der Waals surface area contributed by atoms with Crippen molar-refractivity contribution in [2.24, 2.45) is 16.7 Å². The summed E-state index contributed by atoms with van der Waals surface area (Å²) in [5.41, 5.74) is -1.99. The van der Waals surface area contributed by atoms with Gasteiger partial charge in [0.25, 0.3) is 5.69 Å². The first-order valence-electron chi connectivity index (χ1n) is 8.68. The molecule has 0 saturated heterocycles. The van der Waals surface area contributed by atoms with Crippen molar-refractivity contribution in [1.82, 2.24) is 0 Å². The minimum atomic E-state index is -4.01. The fourth-order valence-corrected chi connectivity index (χ4v) is 6.70. The van der Waals surface area contributed by atoms with Gasteiger partial charge in [0, 0.05) is 12.5 Å². The van der Waals surface area contributed by atoms with E-state index in [0.717, 1.165) is 12.5 Å². The maximum absolute atomic E-state index is 12.9. The number of hydrogen-bond donors (Lipinski definition) is 1. The fraction of sp³-hybridized carbons (Fsp3) is 0.588. The van der Waals surface area contributed by atoms with E-state index in [1.54, 1.807) is 0 Å². The third-order valence-electron chi connectivity index (χ3n) is 6.53. The molecule has 10 heteroatoms. The molecular weight excluding hydrogens is 376 g/mol. The summed E-state index contributed by atoms with van der Waals surface area (Å²) in [5, 5.41) is 11.4. The van der Waals surface area contributed by atoms with Crippen molar-refractivity contribution in [3.05, 3.63) is 22.2 Å². The Bertz CT molecular complexity index is 956. The van der Waals surface area contributed by atoms with E-state index in [0.29, 0.717) is 12.8 Å². The molecule has 1 aromatic carbocycles. The quantitative estimate of drug-likeness (QED) is 0.598. The predicted molar refractivity (Wildman–Crippen MR) is 95.2 cm³/mol. The smallest absolute Gasteiger partial charge is 0.297 e. The number of nitro benzene ring substituents is 1. The van der Waals surface area contributed by atoms with E-state index in [1.807, 2.05) is 13.8 Å². The monoisotopic (exact) mass is 396 g/mol. The molecule has 0 spiro atoms. The van der Waals surface area contributed by atoms with E-state index in [1.165, 1.54) is 6.07 Å². The standard InChI is InChI=1S/C17H20N2O7S/c1-16(2)10-3-4-17(16,15(20)5-10)8-27(23,24)18-11-6-13-14(26-9-25-13)7-12(11)19(21)22/h6-7,10,18H,3-5,8-9H2,1-2H3. The van der Waals surface area contributed by atoms with Gasteiger partial charge in [0.05, 0.1) is 22.2 Å². The minimum Gasteiger partial charge on any atom is -0.454 e. The van der Waals surface area contributed by atoms with Crippen LogP contribution in [0.5, 0.6) is 11.5 Å². The van der Waals surface area contributed by atoms with Crippen molar-refractivity contribution in [1.29, 1.82) is 0 Å². The topological polar surface area (TPSA) is 125 Å². The molecule has 2 unspecified atom stereocenters. The minimum absolute atomic E-state index is 0.0330. The van der Waals surface area contributed by atoms with Crippen molar-refractivity contribution in [2.45, 2.75) is 33.1 Å². The molecule has 1 aromatic rings. The molecule has 0 amide bonds. The van der Waals surface area contributed by atoms with Crippen LogP contribution in [0.25, 0.3) is 0 Å². The summed E-state index contributed by atoms with van der Waals surface area (Å²) in [6.07, 6.45) is 1.73. The number of anilines is 1. The number of hydrogen-bond acceptors (Lipinski definition) is 7. The molecular formula is C17H20N2O7S. The highest BCUT2D eigenvalue weighted by atomic mass is 32.2. The van der Waals surface area contributed by atoms with Crippen LogP contribution < -0.4 is 14.2 Å². The van der Waals surface area contributed by atoms with Crippen molar-refractivity contribution < 1.29 is 27.6 Å². The second-order valence-corrected chi connectivity index (χ2v) is 9.73. The number of fused-ring (bicyclic) bond motifs is 3. The number of Topliss-reactive ketones (excluding diaryl/α,β-unsaturated/α-hetero) is 1. The molecule has 2 fully saturated rings. The van der Waals surface area contributed by atoms with Gasteiger partial charge in [-0.3, -0.25) is 19.6 Å². The molecule has 4 rings (SSSR count). The number of rotatable bonds is 5. The lowest BCUT2D eigenvalue weighted by Gasteiger charge is -2.36. The molecule has 2 saturated carbocycles. The van der Waals surface area contributed by atoms with E-state index in [-0.39, 0.29) is 41.4 Å². The number of sulfonamides is 1.